The summed E-state index contributed by atoms with van der Waals surface area (Å²) in [5.41, 5.74) is -0.0442. The van der Waals surface area contributed by atoms with Crippen LogP contribution in [-0.2, 0) is 14.8 Å². The van der Waals surface area contributed by atoms with Gasteiger partial charge < -0.3 is 4.74 Å². The Hall–Kier alpha value is -1.06. The van der Waals surface area contributed by atoms with Crippen LogP contribution in [0.15, 0.2) is 11.2 Å². The third kappa shape index (κ3) is 2.84. The van der Waals surface area contributed by atoms with Crippen molar-refractivity contribution in [2.24, 2.45) is 0 Å². The van der Waals surface area contributed by atoms with E-state index in [1.54, 1.807) is 18.7 Å². The molecule has 1 aromatic heterocycles. The molecule has 2 heterocycles. The molecule has 7 nitrogen and oxygen atoms in total. The molecule has 1 aliphatic heterocycles. The molecule has 0 saturated carbocycles. The molecule has 0 amide bonds. The molecule has 112 valence electrons. The highest BCUT2D eigenvalue weighted by Crippen LogP contribution is 2.25. The lowest BCUT2D eigenvalue weighted by Gasteiger charge is -2.31. The fraction of sp³-hybridized carbons (Fsp3) is 0.636. The first kappa shape index (κ1) is 15.3. The van der Waals surface area contributed by atoms with Crippen LogP contribution in [0.4, 0.5) is 0 Å². The van der Waals surface area contributed by atoms with E-state index in [9.17, 15) is 13.2 Å². The van der Waals surface area contributed by atoms with Crippen molar-refractivity contribution in [1.82, 2.24) is 14.5 Å². The van der Waals surface area contributed by atoms with E-state index in [1.807, 2.05) is 6.92 Å². The number of thioether (sulfide) groups is 1. The highest BCUT2D eigenvalue weighted by Gasteiger charge is 2.35. The van der Waals surface area contributed by atoms with Crippen molar-refractivity contribution in [3.63, 3.8) is 0 Å². The maximum Gasteiger partial charge on any atom is 0.342 e. The lowest BCUT2D eigenvalue weighted by molar-refractivity contribution is 0.0521. The molecule has 1 unspecified atom stereocenters. The fourth-order valence-corrected chi connectivity index (χ4v) is 4.93. The average molecular weight is 319 g/mol. The topological polar surface area (TPSA) is 92.4 Å². The first-order chi connectivity index (χ1) is 9.48. The lowest BCUT2D eigenvalue weighted by Crippen LogP contribution is -2.44. The van der Waals surface area contributed by atoms with E-state index in [0.29, 0.717) is 6.54 Å². The molecule has 20 heavy (non-hydrogen) atoms. The second kappa shape index (κ2) is 6.15. The zero-order valence-electron chi connectivity index (χ0n) is 11.3. The van der Waals surface area contributed by atoms with E-state index >= 15 is 0 Å². The second-order valence-electron chi connectivity index (χ2n) is 4.37. The summed E-state index contributed by atoms with van der Waals surface area (Å²) in [6.07, 6.45) is 1.19. The number of hydrogen-bond acceptors (Lipinski definition) is 6. The van der Waals surface area contributed by atoms with Crippen LogP contribution in [0.3, 0.4) is 0 Å². The summed E-state index contributed by atoms with van der Waals surface area (Å²) in [5.74, 6) is 0.799. The number of carbonyl (C=O) groups excluding carboxylic acids is 1. The number of rotatable bonds is 4. The van der Waals surface area contributed by atoms with Crippen LogP contribution in [0.5, 0.6) is 0 Å². The number of sulfonamides is 1. The number of ether oxygens (including phenoxy) is 1. The minimum Gasteiger partial charge on any atom is -0.462 e. The molecule has 1 N–H and O–H groups in total. The van der Waals surface area contributed by atoms with Crippen LogP contribution in [0.25, 0.3) is 0 Å². The van der Waals surface area contributed by atoms with Crippen molar-refractivity contribution in [3.8, 4) is 0 Å². The summed E-state index contributed by atoms with van der Waals surface area (Å²) in [6, 6.07) is -0.114. The molecule has 0 bridgehead atoms. The predicted octanol–water partition coefficient (Wildman–Crippen LogP) is 0.712. The number of aromatic nitrogens is 2. The van der Waals surface area contributed by atoms with Gasteiger partial charge in [0.15, 0.2) is 5.03 Å². The smallest absolute Gasteiger partial charge is 0.342 e. The number of H-pyrrole nitrogens is 1. The van der Waals surface area contributed by atoms with Gasteiger partial charge in [0.05, 0.1) is 12.8 Å². The predicted molar refractivity (Wildman–Crippen MR) is 75.2 cm³/mol. The maximum atomic E-state index is 12.6. The molecule has 0 aliphatic carbocycles. The van der Waals surface area contributed by atoms with Gasteiger partial charge in [-0.3, -0.25) is 5.10 Å². The van der Waals surface area contributed by atoms with Crippen molar-refractivity contribution in [3.05, 3.63) is 11.8 Å². The Morgan fingerprint density at radius 3 is 3.05 bits per heavy atom. The molecule has 1 atom stereocenters. The third-order valence-electron chi connectivity index (χ3n) is 2.97. The molecule has 1 aromatic rings. The molecule has 1 fully saturated rings. The number of carbonyl (C=O) groups is 1. The zero-order chi connectivity index (χ0) is 14.8. The summed E-state index contributed by atoms with van der Waals surface area (Å²) in [4.78, 5) is 11.8. The Balaban J connectivity index is 2.35. The Morgan fingerprint density at radius 2 is 2.40 bits per heavy atom. The van der Waals surface area contributed by atoms with Crippen LogP contribution in [-0.4, -0.2) is 59.6 Å². The summed E-state index contributed by atoms with van der Waals surface area (Å²) in [7, 11) is -3.76. The first-order valence-corrected chi connectivity index (χ1v) is 8.88. The Morgan fingerprint density at radius 1 is 1.65 bits per heavy atom. The van der Waals surface area contributed by atoms with E-state index in [4.69, 9.17) is 4.74 Å². The number of aromatic amines is 1. The second-order valence-corrected chi connectivity index (χ2v) is 7.35. The number of nitrogens with one attached hydrogen (secondary N) is 1. The Labute approximate surface area is 122 Å². The Bertz CT molecular complexity index is 584. The van der Waals surface area contributed by atoms with Gasteiger partial charge in [-0.2, -0.15) is 21.2 Å². The largest absolute Gasteiger partial charge is 0.462 e. The summed E-state index contributed by atoms with van der Waals surface area (Å²) in [6.45, 7) is 4.12. The molecule has 2 rings (SSSR count). The normalized spacial score (nSPS) is 20.8. The van der Waals surface area contributed by atoms with Crippen molar-refractivity contribution < 1.29 is 17.9 Å². The first-order valence-electron chi connectivity index (χ1n) is 6.28. The molecule has 0 spiro atoms. The monoisotopic (exact) mass is 319 g/mol. The van der Waals surface area contributed by atoms with E-state index < -0.39 is 16.0 Å². The minimum atomic E-state index is -3.76. The van der Waals surface area contributed by atoms with E-state index in [0.717, 1.165) is 11.5 Å². The lowest BCUT2D eigenvalue weighted by atomic mass is 10.4. The molecule has 0 radical (unpaired) electrons. The van der Waals surface area contributed by atoms with Crippen LogP contribution >= 0.6 is 11.8 Å². The number of hydrogen-bond donors (Lipinski definition) is 1. The van der Waals surface area contributed by atoms with E-state index in [1.165, 1.54) is 10.5 Å². The highest BCUT2D eigenvalue weighted by atomic mass is 32.2. The molecule has 9 heteroatoms. The maximum absolute atomic E-state index is 12.6. The van der Waals surface area contributed by atoms with Gasteiger partial charge in [-0.25, -0.2) is 13.2 Å². The van der Waals surface area contributed by atoms with E-state index in [-0.39, 0.29) is 23.2 Å². The van der Waals surface area contributed by atoms with Gasteiger partial charge in [-0.05, 0) is 13.8 Å². The number of nitrogens with zero attached hydrogens (tertiary/aromatic N) is 2. The van der Waals surface area contributed by atoms with Crippen molar-refractivity contribution in [1.29, 1.82) is 0 Å². The van der Waals surface area contributed by atoms with Crippen molar-refractivity contribution in [2.45, 2.75) is 24.9 Å². The molecular weight excluding hydrogens is 302 g/mol. The summed E-state index contributed by atoms with van der Waals surface area (Å²) in [5, 5.41) is 5.91. The van der Waals surface area contributed by atoms with Crippen molar-refractivity contribution in [2.75, 3.05) is 24.7 Å². The van der Waals surface area contributed by atoms with Gasteiger partial charge in [-0.15, -0.1) is 0 Å². The van der Waals surface area contributed by atoms with Crippen LogP contribution in [0, 0.1) is 0 Å². The van der Waals surface area contributed by atoms with Gasteiger partial charge >= 0.3 is 5.97 Å². The standard InChI is InChI=1S/C11H17N3O4S2/c1-3-18-11(15)9-6-12-13-10(9)20(16,17)14-4-5-19-7-8(14)2/h6,8H,3-5,7H2,1-2H3,(H,12,13). The Kier molecular flexibility index (Phi) is 4.71. The average Bonchev–Trinajstić information content (AvgIpc) is 2.89. The van der Waals surface area contributed by atoms with Crippen LogP contribution < -0.4 is 0 Å². The SMILES string of the molecule is CCOC(=O)c1cn[nH]c1S(=O)(=O)N1CCSCC1C. The van der Waals surface area contributed by atoms with Crippen LogP contribution in [0.1, 0.15) is 24.2 Å². The summed E-state index contributed by atoms with van der Waals surface area (Å²) < 4.78 is 31.5. The molecular formula is C11H17N3O4S2. The van der Waals surface area contributed by atoms with Gasteiger partial charge in [0.2, 0.25) is 0 Å². The van der Waals surface area contributed by atoms with Gasteiger partial charge in [0, 0.05) is 24.1 Å². The highest BCUT2D eigenvalue weighted by molar-refractivity contribution is 7.99. The molecule has 0 aromatic carbocycles. The zero-order valence-corrected chi connectivity index (χ0v) is 13.0. The minimum absolute atomic E-state index is 0.0442. The van der Waals surface area contributed by atoms with E-state index in [2.05, 4.69) is 10.2 Å². The number of esters is 1. The van der Waals surface area contributed by atoms with Gasteiger partial charge in [-0.1, -0.05) is 0 Å². The van der Waals surface area contributed by atoms with Gasteiger partial charge in [0.25, 0.3) is 10.0 Å². The fourth-order valence-electron chi connectivity index (χ4n) is 2.01. The van der Waals surface area contributed by atoms with Gasteiger partial charge in [0.1, 0.15) is 5.56 Å². The van der Waals surface area contributed by atoms with Crippen LogP contribution in [0.2, 0.25) is 0 Å². The third-order valence-corrected chi connectivity index (χ3v) is 6.15. The van der Waals surface area contributed by atoms with Crippen molar-refractivity contribution >= 4 is 27.8 Å². The molecule has 1 saturated heterocycles. The summed E-state index contributed by atoms with van der Waals surface area (Å²) >= 11 is 1.72. The quantitative estimate of drug-likeness (QED) is 0.822. The molecule has 1 aliphatic rings.